The summed E-state index contributed by atoms with van der Waals surface area (Å²) in [5.74, 6) is -0.787. The Morgan fingerprint density at radius 1 is 1.22 bits per heavy atom. The van der Waals surface area contributed by atoms with Gasteiger partial charge in [-0.15, -0.1) is 11.3 Å². The molecule has 4 rings (SSSR count). The lowest BCUT2D eigenvalue weighted by molar-refractivity contribution is 0.102. The van der Waals surface area contributed by atoms with Gasteiger partial charge in [0.05, 0.1) is 12.8 Å². The van der Waals surface area contributed by atoms with E-state index in [0.29, 0.717) is 33.0 Å². The van der Waals surface area contributed by atoms with Crippen molar-refractivity contribution in [1.82, 2.24) is 9.97 Å². The molecule has 0 radical (unpaired) electrons. The van der Waals surface area contributed by atoms with Crippen LogP contribution in [0.15, 0.2) is 47.8 Å². The second-order valence-electron chi connectivity index (χ2n) is 5.72. The van der Waals surface area contributed by atoms with E-state index in [2.05, 4.69) is 15.3 Å². The Hall–Kier alpha value is -3.26. The third kappa shape index (κ3) is 3.26. The van der Waals surface area contributed by atoms with Crippen molar-refractivity contribution in [2.45, 2.75) is 0 Å². The van der Waals surface area contributed by atoms with E-state index >= 15 is 0 Å². The van der Waals surface area contributed by atoms with Gasteiger partial charge in [-0.1, -0.05) is 6.07 Å². The van der Waals surface area contributed by atoms with Gasteiger partial charge < -0.3 is 9.72 Å². The predicted molar refractivity (Wildman–Crippen MR) is 100 cm³/mol. The van der Waals surface area contributed by atoms with Gasteiger partial charge in [0.1, 0.15) is 23.1 Å². The first kappa shape index (κ1) is 17.2. The van der Waals surface area contributed by atoms with Gasteiger partial charge in [-0.3, -0.25) is 10.1 Å². The van der Waals surface area contributed by atoms with Crippen LogP contribution in [0.2, 0.25) is 0 Å². The molecule has 0 atom stereocenters. The minimum absolute atomic E-state index is 0.218. The zero-order valence-corrected chi connectivity index (χ0v) is 14.9. The van der Waals surface area contributed by atoms with E-state index in [9.17, 15) is 13.6 Å². The first-order valence-electron chi connectivity index (χ1n) is 7.93. The summed E-state index contributed by atoms with van der Waals surface area (Å²) in [5.41, 5.74) is 1.72. The molecular weight excluding hydrogens is 372 g/mol. The van der Waals surface area contributed by atoms with Crippen molar-refractivity contribution in [3.63, 3.8) is 0 Å². The second kappa shape index (κ2) is 6.81. The number of benzene rings is 2. The van der Waals surface area contributed by atoms with Gasteiger partial charge in [-0.05, 0) is 36.4 Å². The molecule has 0 aliphatic rings. The number of aromatic nitrogens is 2. The standard InChI is InChI=1S/C19H13F2N3O2S/c1-26-17-6-5-10(20)7-12(17)16-9-27-19(23-16)24-18(25)15-8-11-13(21)3-2-4-14(11)22-15/h2-9,22H,1H3,(H,23,24,25). The number of amides is 1. The number of nitrogens with zero attached hydrogens (tertiary/aromatic N) is 1. The van der Waals surface area contributed by atoms with Gasteiger partial charge in [0.2, 0.25) is 0 Å². The number of fused-ring (bicyclic) bond motifs is 1. The van der Waals surface area contributed by atoms with Crippen LogP contribution in [-0.2, 0) is 0 Å². The molecule has 0 fully saturated rings. The van der Waals surface area contributed by atoms with E-state index < -0.39 is 17.5 Å². The molecule has 0 aliphatic heterocycles. The summed E-state index contributed by atoms with van der Waals surface area (Å²) >= 11 is 1.19. The Kier molecular flexibility index (Phi) is 4.33. The maximum atomic E-state index is 13.8. The third-order valence-electron chi connectivity index (χ3n) is 4.02. The molecule has 136 valence electrons. The highest BCUT2D eigenvalue weighted by atomic mass is 32.1. The zero-order valence-electron chi connectivity index (χ0n) is 14.0. The molecule has 4 aromatic rings. The molecule has 5 nitrogen and oxygen atoms in total. The summed E-state index contributed by atoms with van der Waals surface area (Å²) in [6.45, 7) is 0. The van der Waals surface area contributed by atoms with Crippen molar-refractivity contribution in [3.8, 4) is 17.0 Å². The Labute approximate surface area is 156 Å². The summed E-state index contributed by atoms with van der Waals surface area (Å²) < 4.78 is 32.6. The fourth-order valence-corrected chi connectivity index (χ4v) is 3.45. The highest BCUT2D eigenvalue weighted by Crippen LogP contribution is 2.33. The quantitative estimate of drug-likeness (QED) is 0.529. The number of carbonyl (C=O) groups excluding carboxylic acids is 1. The van der Waals surface area contributed by atoms with Crippen LogP contribution >= 0.6 is 11.3 Å². The molecule has 0 aliphatic carbocycles. The average molecular weight is 385 g/mol. The molecule has 8 heteroatoms. The first-order chi connectivity index (χ1) is 13.0. The molecule has 2 N–H and O–H groups in total. The lowest BCUT2D eigenvalue weighted by Gasteiger charge is -2.05. The average Bonchev–Trinajstić information content (AvgIpc) is 3.29. The molecule has 0 bridgehead atoms. The number of halogens is 2. The number of aromatic amines is 1. The number of rotatable bonds is 4. The normalized spacial score (nSPS) is 10.9. The minimum atomic E-state index is -0.447. The maximum Gasteiger partial charge on any atom is 0.273 e. The number of carbonyl (C=O) groups is 1. The lowest BCUT2D eigenvalue weighted by Crippen LogP contribution is -2.11. The summed E-state index contributed by atoms with van der Waals surface area (Å²) in [6.07, 6.45) is 0. The number of thiazole rings is 1. The zero-order chi connectivity index (χ0) is 19.0. The van der Waals surface area contributed by atoms with E-state index in [1.165, 1.54) is 48.8 Å². The van der Waals surface area contributed by atoms with E-state index in [1.54, 1.807) is 17.5 Å². The van der Waals surface area contributed by atoms with Crippen molar-refractivity contribution in [2.75, 3.05) is 12.4 Å². The van der Waals surface area contributed by atoms with Crippen LogP contribution in [0, 0.1) is 11.6 Å². The van der Waals surface area contributed by atoms with E-state index in [-0.39, 0.29) is 5.69 Å². The van der Waals surface area contributed by atoms with Gasteiger partial charge in [0, 0.05) is 21.8 Å². The van der Waals surface area contributed by atoms with Crippen molar-refractivity contribution in [1.29, 1.82) is 0 Å². The van der Waals surface area contributed by atoms with Crippen LogP contribution in [0.4, 0.5) is 13.9 Å². The maximum absolute atomic E-state index is 13.8. The van der Waals surface area contributed by atoms with E-state index in [0.717, 1.165) is 0 Å². The molecule has 0 unspecified atom stereocenters. The monoisotopic (exact) mass is 385 g/mol. The van der Waals surface area contributed by atoms with Crippen molar-refractivity contribution in [2.24, 2.45) is 0 Å². The van der Waals surface area contributed by atoms with Crippen LogP contribution < -0.4 is 10.1 Å². The van der Waals surface area contributed by atoms with Gasteiger partial charge in [-0.25, -0.2) is 13.8 Å². The SMILES string of the molecule is COc1ccc(F)cc1-c1csc(NC(=O)c2cc3c(F)cccc3[nH]2)n1. The number of H-pyrrole nitrogens is 1. The fraction of sp³-hybridized carbons (Fsp3) is 0.0526. The van der Waals surface area contributed by atoms with Crippen molar-refractivity contribution >= 4 is 33.3 Å². The van der Waals surface area contributed by atoms with E-state index in [4.69, 9.17) is 4.74 Å². The Morgan fingerprint density at radius 2 is 2.07 bits per heavy atom. The van der Waals surface area contributed by atoms with Gasteiger partial charge in [0.15, 0.2) is 5.13 Å². The number of ether oxygens (including phenoxy) is 1. The molecule has 0 saturated heterocycles. The Bertz CT molecular complexity index is 1150. The van der Waals surface area contributed by atoms with Crippen LogP contribution in [0.25, 0.3) is 22.2 Å². The molecule has 0 saturated carbocycles. The number of hydrogen-bond donors (Lipinski definition) is 2. The van der Waals surface area contributed by atoms with Crippen molar-refractivity contribution < 1.29 is 18.3 Å². The summed E-state index contributed by atoms with van der Waals surface area (Å²) in [7, 11) is 1.49. The lowest BCUT2D eigenvalue weighted by atomic mass is 10.1. The molecule has 1 amide bonds. The Balaban J connectivity index is 1.59. The second-order valence-corrected chi connectivity index (χ2v) is 6.58. The number of anilines is 1. The highest BCUT2D eigenvalue weighted by molar-refractivity contribution is 7.14. The third-order valence-corrected chi connectivity index (χ3v) is 4.78. The topological polar surface area (TPSA) is 67.0 Å². The number of nitrogens with one attached hydrogen (secondary N) is 2. The largest absolute Gasteiger partial charge is 0.496 e. The van der Waals surface area contributed by atoms with Crippen LogP contribution in [0.3, 0.4) is 0 Å². The summed E-state index contributed by atoms with van der Waals surface area (Å²) in [5, 5.41) is 5.03. The highest BCUT2D eigenvalue weighted by Gasteiger charge is 2.15. The summed E-state index contributed by atoms with van der Waals surface area (Å²) in [6, 6.07) is 10.2. The van der Waals surface area contributed by atoms with Gasteiger partial charge >= 0.3 is 0 Å². The van der Waals surface area contributed by atoms with Gasteiger partial charge in [0.25, 0.3) is 5.91 Å². The molecular formula is C19H13F2N3O2S. The smallest absolute Gasteiger partial charge is 0.273 e. The van der Waals surface area contributed by atoms with Crippen molar-refractivity contribution in [3.05, 3.63) is 65.2 Å². The minimum Gasteiger partial charge on any atom is -0.496 e. The first-order valence-corrected chi connectivity index (χ1v) is 8.81. The van der Waals surface area contributed by atoms with E-state index in [1.807, 2.05) is 0 Å². The number of methoxy groups -OCH3 is 1. The molecule has 2 aromatic carbocycles. The fourth-order valence-electron chi connectivity index (χ4n) is 2.74. The summed E-state index contributed by atoms with van der Waals surface area (Å²) in [4.78, 5) is 19.6. The number of hydrogen-bond acceptors (Lipinski definition) is 4. The van der Waals surface area contributed by atoms with Gasteiger partial charge in [-0.2, -0.15) is 0 Å². The van der Waals surface area contributed by atoms with Crippen LogP contribution in [-0.4, -0.2) is 23.0 Å². The van der Waals surface area contributed by atoms with Crippen LogP contribution in [0.1, 0.15) is 10.5 Å². The molecule has 2 aromatic heterocycles. The molecule has 27 heavy (non-hydrogen) atoms. The molecule has 2 heterocycles. The van der Waals surface area contributed by atoms with Crippen LogP contribution in [0.5, 0.6) is 5.75 Å². The predicted octanol–water partition coefficient (Wildman–Crippen LogP) is 4.83. The Morgan fingerprint density at radius 3 is 2.85 bits per heavy atom. The molecule has 0 spiro atoms.